The number of nitrogens with zero attached hydrogens (tertiary/aromatic N) is 1. The number of nitrogens with one attached hydrogen (secondary N) is 2. The second kappa shape index (κ2) is 9.69. The zero-order valence-electron chi connectivity index (χ0n) is 18.1. The molecule has 11 heteroatoms. The molecular weight excluding hydrogens is 456 g/mol. The van der Waals surface area contributed by atoms with Crippen molar-refractivity contribution < 1.29 is 22.8 Å². The average Bonchev–Trinajstić information content (AvgIpc) is 3.63. The number of fused-ring (bicyclic) bond motifs is 2. The molecule has 2 aliphatic heterocycles. The highest BCUT2D eigenvalue weighted by molar-refractivity contribution is 7.91. The zero-order valence-corrected chi connectivity index (χ0v) is 19.8. The third kappa shape index (κ3) is 5.12. The molecule has 0 aromatic rings. The summed E-state index contributed by atoms with van der Waals surface area (Å²) in [6.45, 7) is 0.462. The van der Waals surface area contributed by atoms with Crippen molar-refractivity contribution in [3.63, 3.8) is 0 Å². The number of halogens is 1. The van der Waals surface area contributed by atoms with Crippen LogP contribution < -0.4 is 15.8 Å². The molecule has 0 aromatic heterocycles. The van der Waals surface area contributed by atoms with E-state index in [-0.39, 0.29) is 24.2 Å². The lowest BCUT2D eigenvalue weighted by Crippen LogP contribution is -2.57. The minimum atomic E-state index is -3.72. The largest absolute Gasteiger partial charge is 0.339 e. The van der Waals surface area contributed by atoms with Crippen LogP contribution in [0.25, 0.3) is 0 Å². The molecule has 3 fully saturated rings. The van der Waals surface area contributed by atoms with E-state index in [1.54, 1.807) is 0 Å². The first-order chi connectivity index (χ1) is 14.7. The highest BCUT2D eigenvalue weighted by atomic mass is 35.5. The first-order valence-corrected chi connectivity index (χ1v) is 12.9. The molecule has 0 unspecified atom stereocenters. The van der Waals surface area contributed by atoms with Crippen LogP contribution in [-0.2, 0) is 24.4 Å². The Labute approximate surface area is 195 Å². The van der Waals surface area contributed by atoms with Crippen molar-refractivity contribution >= 4 is 40.2 Å². The van der Waals surface area contributed by atoms with E-state index < -0.39 is 44.7 Å². The lowest BCUT2D eigenvalue weighted by Gasteiger charge is -2.28. The molecule has 0 aromatic carbocycles. The van der Waals surface area contributed by atoms with Crippen molar-refractivity contribution in [2.45, 2.75) is 87.1 Å². The van der Waals surface area contributed by atoms with Crippen molar-refractivity contribution in [2.75, 3.05) is 6.54 Å². The fraction of sp³-hybridized carbons (Fsp3) is 0.762. The van der Waals surface area contributed by atoms with E-state index in [2.05, 4.69) is 10.0 Å². The number of amides is 3. The Balaban J connectivity index is 0.00000289. The maximum atomic E-state index is 13.1. The fourth-order valence-electron chi connectivity index (χ4n) is 4.67. The van der Waals surface area contributed by atoms with E-state index in [1.807, 2.05) is 12.2 Å². The van der Waals surface area contributed by atoms with E-state index in [0.29, 0.717) is 45.1 Å². The van der Waals surface area contributed by atoms with Crippen molar-refractivity contribution in [3.05, 3.63) is 12.2 Å². The second-order valence-corrected chi connectivity index (χ2v) is 11.3. The molecule has 2 saturated carbocycles. The molecule has 4 aliphatic rings. The first-order valence-electron chi connectivity index (χ1n) is 11.4. The molecule has 4 atom stereocenters. The maximum Gasteiger partial charge on any atom is 0.259 e. The molecule has 2 heterocycles. The molecule has 0 spiro atoms. The van der Waals surface area contributed by atoms with Crippen molar-refractivity contribution in [1.29, 1.82) is 0 Å². The topological polar surface area (TPSA) is 139 Å². The summed E-state index contributed by atoms with van der Waals surface area (Å²) in [4.78, 5) is 40.5. The number of hydrogen-bond acceptors (Lipinski definition) is 6. The lowest BCUT2D eigenvalue weighted by molar-refractivity contribution is -0.140. The Morgan fingerprint density at radius 2 is 1.88 bits per heavy atom. The Kier molecular flexibility index (Phi) is 7.56. The highest BCUT2D eigenvalue weighted by Gasteiger charge is 2.61. The molecule has 0 radical (unpaired) electrons. The van der Waals surface area contributed by atoms with Gasteiger partial charge in [0.05, 0.1) is 11.3 Å². The van der Waals surface area contributed by atoms with Gasteiger partial charge in [0.25, 0.3) is 5.91 Å². The maximum absolute atomic E-state index is 13.1. The van der Waals surface area contributed by atoms with Crippen molar-refractivity contribution in [2.24, 2.45) is 11.7 Å². The fourth-order valence-corrected chi connectivity index (χ4v) is 6.03. The summed E-state index contributed by atoms with van der Waals surface area (Å²) in [5.74, 6) is -1.58. The number of nitrogens with two attached hydrogens (primary N) is 1. The Morgan fingerprint density at radius 1 is 1.12 bits per heavy atom. The number of carbonyl (C=O) groups is 3. The standard InChI is InChI=1S/C21H32N4O5S.ClH/c22-16-8-5-3-1-2-4-7-14-13-21(14,20(28)24-31(29,30)15-10-11-15)23-18(26)17-9-6-12-25(17)19(16)27;/h4,7,14-17H,1-3,5-6,8-13,22H2,(H,23,26)(H,24,28);1H/b7-4-;/t14-,16+,17+,21-;/m1./s1. The molecule has 9 nitrogen and oxygen atoms in total. The minimum Gasteiger partial charge on any atom is -0.339 e. The molecule has 180 valence electrons. The van der Waals surface area contributed by atoms with Crippen LogP contribution in [0.2, 0.25) is 0 Å². The average molecular weight is 489 g/mol. The highest BCUT2D eigenvalue weighted by Crippen LogP contribution is 2.46. The molecule has 0 bridgehead atoms. The molecule has 32 heavy (non-hydrogen) atoms. The normalized spacial score (nSPS) is 34.7. The zero-order chi connectivity index (χ0) is 22.2. The van der Waals surface area contributed by atoms with Gasteiger partial charge in [-0.3, -0.25) is 19.1 Å². The van der Waals surface area contributed by atoms with Crippen LogP contribution in [-0.4, -0.2) is 60.5 Å². The van der Waals surface area contributed by atoms with Crippen molar-refractivity contribution in [1.82, 2.24) is 14.9 Å². The van der Waals surface area contributed by atoms with E-state index >= 15 is 0 Å². The molecule has 1 saturated heterocycles. The van der Waals surface area contributed by atoms with Gasteiger partial charge in [-0.05, 0) is 51.4 Å². The summed E-state index contributed by atoms with van der Waals surface area (Å²) in [5.41, 5.74) is 4.82. The number of allylic oxidation sites excluding steroid dienone is 1. The summed E-state index contributed by atoms with van der Waals surface area (Å²) in [5, 5.41) is 2.30. The summed E-state index contributed by atoms with van der Waals surface area (Å²) < 4.78 is 26.8. The Bertz CT molecular complexity index is 891. The van der Waals surface area contributed by atoms with Gasteiger partial charge in [-0.1, -0.05) is 25.0 Å². The van der Waals surface area contributed by atoms with Crippen LogP contribution in [0.15, 0.2) is 12.2 Å². The Hall–Kier alpha value is -1.65. The number of hydrogen-bond donors (Lipinski definition) is 3. The van der Waals surface area contributed by atoms with Gasteiger partial charge in [-0.15, -0.1) is 12.4 Å². The summed E-state index contributed by atoms with van der Waals surface area (Å²) >= 11 is 0. The third-order valence-corrected chi connectivity index (χ3v) is 8.69. The predicted octanol–water partition coefficient (Wildman–Crippen LogP) is 0.730. The van der Waals surface area contributed by atoms with Gasteiger partial charge in [0.15, 0.2) is 0 Å². The van der Waals surface area contributed by atoms with Crippen LogP contribution in [0.4, 0.5) is 0 Å². The number of sulfonamides is 1. The van der Waals surface area contributed by atoms with Crippen LogP contribution >= 0.6 is 12.4 Å². The first kappa shape index (κ1) is 25.0. The summed E-state index contributed by atoms with van der Waals surface area (Å²) in [6.07, 6.45) is 10.7. The van der Waals surface area contributed by atoms with Crippen molar-refractivity contribution in [3.8, 4) is 0 Å². The molecular formula is C21H33ClN4O5S. The summed E-state index contributed by atoms with van der Waals surface area (Å²) in [6, 6.07) is -1.32. The predicted molar refractivity (Wildman–Crippen MR) is 121 cm³/mol. The summed E-state index contributed by atoms with van der Waals surface area (Å²) in [7, 11) is -3.72. The van der Waals surface area contributed by atoms with Crippen LogP contribution in [0.5, 0.6) is 0 Å². The number of carbonyl (C=O) groups excluding carboxylic acids is 3. The van der Waals surface area contributed by atoms with Gasteiger partial charge in [0.1, 0.15) is 11.6 Å². The molecule has 2 aliphatic carbocycles. The number of rotatable bonds is 3. The smallest absolute Gasteiger partial charge is 0.259 e. The second-order valence-electron chi connectivity index (χ2n) is 9.31. The van der Waals surface area contributed by atoms with E-state index in [1.165, 1.54) is 4.90 Å². The monoisotopic (exact) mass is 488 g/mol. The van der Waals surface area contributed by atoms with Crippen LogP contribution in [0.1, 0.15) is 64.2 Å². The Morgan fingerprint density at radius 3 is 2.59 bits per heavy atom. The van der Waals surface area contributed by atoms with Gasteiger partial charge in [0, 0.05) is 12.5 Å². The van der Waals surface area contributed by atoms with Crippen LogP contribution in [0.3, 0.4) is 0 Å². The van der Waals surface area contributed by atoms with Crippen LogP contribution in [0, 0.1) is 5.92 Å². The van der Waals surface area contributed by atoms with E-state index in [9.17, 15) is 22.8 Å². The van der Waals surface area contributed by atoms with Gasteiger partial charge in [0.2, 0.25) is 21.8 Å². The minimum absolute atomic E-state index is 0. The molecule has 3 amide bonds. The van der Waals surface area contributed by atoms with Gasteiger partial charge >= 0.3 is 0 Å². The molecule has 4 rings (SSSR count). The quantitative estimate of drug-likeness (QED) is 0.500. The lowest BCUT2D eigenvalue weighted by atomic mass is 10.1. The SMILES string of the molecule is Cl.N[C@H]1CCCCC/C=C\[C@@H]2C[C@@]2(C(=O)NS(=O)(=O)C2CC2)NC(=O)[C@@H]2CCCN2C1=O. The van der Waals surface area contributed by atoms with Gasteiger partial charge < -0.3 is 16.0 Å². The third-order valence-electron chi connectivity index (χ3n) is 6.87. The van der Waals surface area contributed by atoms with Gasteiger partial charge in [-0.25, -0.2) is 8.42 Å². The van der Waals surface area contributed by atoms with Gasteiger partial charge in [-0.2, -0.15) is 0 Å². The van der Waals surface area contributed by atoms with E-state index in [4.69, 9.17) is 5.73 Å². The van der Waals surface area contributed by atoms with E-state index in [0.717, 1.165) is 25.7 Å². The molecule has 4 N–H and O–H groups in total.